The molecule has 0 radical (unpaired) electrons. The lowest BCUT2D eigenvalue weighted by Crippen LogP contribution is -2.54. The Hall–Kier alpha value is -2.69. The molecule has 0 saturated heterocycles. The molecule has 0 bridgehead atoms. The van der Waals surface area contributed by atoms with Crippen LogP contribution in [0.3, 0.4) is 0 Å². The third-order valence-corrected chi connectivity index (χ3v) is 4.64. The zero-order chi connectivity index (χ0) is 23.4. The second-order valence-corrected chi connectivity index (χ2v) is 7.78. The van der Waals surface area contributed by atoms with Gasteiger partial charge in [0.25, 0.3) is 0 Å². The van der Waals surface area contributed by atoms with E-state index >= 15 is 0 Å². The summed E-state index contributed by atoms with van der Waals surface area (Å²) in [7, 11) is 0. The fraction of sp³-hybridized carbons (Fsp3) is 0.737. The van der Waals surface area contributed by atoms with Gasteiger partial charge in [0.1, 0.15) is 12.1 Å². The predicted molar refractivity (Wildman–Crippen MR) is 110 cm³/mol. The highest BCUT2D eigenvalue weighted by Gasteiger charge is 2.27. The molecule has 30 heavy (non-hydrogen) atoms. The lowest BCUT2D eigenvalue weighted by Gasteiger charge is -2.23. The van der Waals surface area contributed by atoms with Crippen LogP contribution in [0.15, 0.2) is 0 Å². The van der Waals surface area contributed by atoms with Crippen molar-refractivity contribution in [1.29, 1.82) is 0 Å². The van der Waals surface area contributed by atoms with Gasteiger partial charge in [-0.2, -0.15) is 0 Å². The number of carboxylic acids is 1. The first-order valence-corrected chi connectivity index (χ1v) is 10.0. The summed E-state index contributed by atoms with van der Waals surface area (Å²) in [5.74, 6) is -3.84. The molecule has 11 nitrogen and oxygen atoms in total. The zero-order valence-corrected chi connectivity index (χ0v) is 18.1. The van der Waals surface area contributed by atoms with E-state index in [1.807, 2.05) is 20.8 Å². The van der Waals surface area contributed by atoms with Crippen LogP contribution in [0, 0.1) is 11.8 Å². The van der Waals surface area contributed by atoms with Gasteiger partial charge < -0.3 is 32.5 Å². The van der Waals surface area contributed by atoms with Crippen LogP contribution in [0.25, 0.3) is 0 Å². The lowest BCUT2D eigenvalue weighted by molar-refractivity contribution is -0.142. The molecular formula is C19H35N5O6. The van der Waals surface area contributed by atoms with Crippen molar-refractivity contribution in [3.63, 3.8) is 0 Å². The highest BCUT2D eigenvalue weighted by Crippen LogP contribution is 2.07. The molecule has 4 unspecified atom stereocenters. The maximum atomic E-state index is 12.4. The van der Waals surface area contributed by atoms with Crippen LogP contribution < -0.4 is 27.4 Å². The van der Waals surface area contributed by atoms with Gasteiger partial charge >= 0.3 is 5.97 Å². The van der Waals surface area contributed by atoms with E-state index in [0.717, 1.165) is 0 Å². The third kappa shape index (κ3) is 10.7. The number of carbonyl (C=O) groups excluding carboxylic acids is 4. The van der Waals surface area contributed by atoms with E-state index in [0.29, 0.717) is 6.42 Å². The van der Waals surface area contributed by atoms with Crippen molar-refractivity contribution in [2.45, 2.75) is 71.5 Å². The Morgan fingerprint density at radius 1 is 0.967 bits per heavy atom. The van der Waals surface area contributed by atoms with Crippen LogP contribution >= 0.6 is 0 Å². The number of hydrogen-bond donors (Lipinski definition) is 6. The quantitative estimate of drug-likeness (QED) is 0.200. The topological polar surface area (TPSA) is 194 Å². The van der Waals surface area contributed by atoms with E-state index in [9.17, 15) is 24.0 Å². The second-order valence-electron chi connectivity index (χ2n) is 7.78. The summed E-state index contributed by atoms with van der Waals surface area (Å²) < 4.78 is 0. The second kappa shape index (κ2) is 13.5. The Morgan fingerprint density at radius 2 is 1.57 bits per heavy atom. The Labute approximate surface area is 176 Å². The molecule has 0 aromatic heterocycles. The van der Waals surface area contributed by atoms with Crippen LogP contribution in [0.2, 0.25) is 0 Å². The minimum atomic E-state index is -1.17. The van der Waals surface area contributed by atoms with Crippen molar-refractivity contribution in [2.24, 2.45) is 23.3 Å². The molecule has 0 spiro atoms. The average molecular weight is 430 g/mol. The van der Waals surface area contributed by atoms with Gasteiger partial charge in [0.15, 0.2) is 0 Å². The van der Waals surface area contributed by atoms with E-state index in [-0.39, 0.29) is 31.1 Å². The van der Waals surface area contributed by atoms with E-state index in [2.05, 4.69) is 16.0 Å². The van der Waals surface area contributed by atoms with Crippen LogP contribution in [0.1, 0.15) is 53.4 Å². The summed E-state index contributed by atoms with van der Waals surface area (Å²) in [5, 5.41) is 16.3. The number of carbonyl (C=O) groups is 5. The van der Waals surface area contributed by atoms with Crippen molar-refractivity contribution in [1.82, 2.24) is 16.0 Å². The lowest BCUT2D eigenvalue weighted by atomic mass is 9.98. The van der Waals surface area contributed by atoms with E-state index in [1.54, 1.807) is 6.92 Å². The monoisotopic (exact) mass is 429 g/mol. The Morgan fingerprint density at radius 3 is 2.03 bits per heavy atom. The van der Waals surface area contributed by atoms with E-state index in [4.69, 9.17) is 16.6 Å². The van der Waals surface area contributed by atoms with Gasteiger partial charge in [0.2, 0.25) is 23.6 Å². The maximum Gasteiger partial charge on any atom is 0.326 e. The maximum absolute atomic E-state index is 12.4. The van der Waals surface area contributed by atoms with Crippen molar-refractivity contribution in [2.75, 3.05) is 6.54 Å². The predicted octanol–water partition coefficient (Wildman–Crippen LogP) is -1.16. The SMILES string of the molecule is CCC(C)C(N)C(=O)NC(CCC(N)=O)C(=O)NCC(=O)NC(CC(C)C)C(=O)O. The van der Waals surface area contributed by atoms with E-state index < -0.39 is 54.3 Å². The first kappa shape index (κ1) is 27.3. The minimum Gasteiger partial charge on any atom is -0.480 e. The molecule has 11 heteroatoms. The van der Waals surface area contributed by atoms with Crippen LogP contribution in [-0.2, 0) is 24.0 Å². The fourth-order valence-electron chi connectivity index (χ4n) is 2.56. The normalized spacial score (nSPS) is 14.9. The summed E-state index contributed by atoms with van der Waals surface area (Å²) in [6, 6.07) is -3.03. The number of carboxylic acid groups (broad SMARTS) is 1. The molecule has 0 aliphatic rings. The minimum absolute atomic E-state index is 0.0455. The van der Waals surface area contributed by atoms with Gasteiger partial charge in [-0.15, -0.1) is 0 Å². The molecular weight excluding hydrogens is 394 g/mol. The molecule has 0 aromatic carbocycles. The Kier molecular flexibility index (Phi) is 12.3. The summed E-state index contributed by atoms with van der Waals surface area (Å²) in [5.41, 5.74) is 11.0. The van der Waals surface area contributed by atoms with Crippen molar-refractivity contribution < 1.29 is 29.1 Å². The molecule has 4 atom stereocenters. The van der Waals surface area contributed by atoms with Crippen molar-refractivity contribution in [3.8, 4) is 0 Å². The van der Waals surface area contributed by atoms with E-state index in [1.165, 1.54) is 0 Å². The van der Waals surface area contributed by atoms with Crippen molar-refractivity contribution in [3.05, 3.63) is 0 Å². The van der Waals surface area contributed by atoms with Gasteiger partial charge in [-0.1, -0.05) is 34.1 Å². The highest BCUT2D eigenvalue weighted by molar-refractivity contribution is 5.93. The summed E-state index contributed by atoms with van der Waals surface area (Å²) in [6.45, 7) is 6.82. The van der Waals surface area contributed by atoms with Gasteiger partial charge in [0.05, 0.1) is 12.6 Å². The Balaban J connectivity index is 4.94. The zero-order valence-electron chi connectivity index (χ0n) is 18.1. The number of amides is 4. The molecule has 0 aliphatic carbocycles. The standard InChI is InChI=1S/C19H35N5O6/c1-5-11(4)16(21)18(28)24-12(6-7-14(20)25)17(27)22-9-15(26)23-13(19(29)30)8-10(2)3/h10-13,16H,5-9,21H2,1-4H3,(H2,20,25)(H,22,27)(H,23,26)(H,24,28)(H,29,30). The first-order valence-electron chi connectivity index (χ1n) is 10.0. The van der Waals surface area contributed by atoms with Crippen LogP contribution in [0.4, 0.5) is 0 Å². The number of nitrogens with one attached hydrogen (secondary N) is 3. The number of rotatable bonds is 14. The number of hydrogen-bond acceptors (Lipinski definition) is 6. The summed E-state index contributed by atoms with van der Waals surface area (Å²) in [6.07, 6.45) is 0.680. The highest BCUT2D eigenvalue weighted by atomic mass is 16.4. The Bertz CT molecular complexity index is 625. The molecule has 8 N–H and O–H groups in total. The van der Waals surface area contributed by atoms with Crippen LogP contribution in [0.5, 0.6) is 0 Å². The van der Waals surface area contributed by atoms with Gasteiger partial charge in [-0.25, -0.2) is 4.79 Å². The fourth-order valence-corrected chi connectivity index (χ4v) is 2.56. The molecule has 0 rings (SSSR count). The molecule has 0 aromatic rings. The summed E-state index contributed by atoms with van der Waals surface area (Å²) in [4.78, 5) is 59.0. The average Bonchev–Trinajstić information content (AvgIpc) is 2.66. The molecule has 0 heterocycles. The number of primary amides is 1. The summed E-state index contributed by atoms with van der Waals surface area (Å²) >= 11 is 0. The molecule has 4 amide bonds. The molecule has 0 aliphatic heterocycles. The number of nitrogens with two attached hydrogens (primary N) is 2. The first-order chi connectivity index (χ1) is 13.9. The third-order valence-electron chi connectivity index (χ3n) is 4.64. The molecule has 172 valence electrons. The van der Waals surface area contributed by atoms with Gasteiger partial charge in [0, 0.05) is 6.42 Å². The van der Waals surface area contributed by atoms with Gasteiger partial charge in [-0.3, -0.25) is 19.2 Å². The smallest absolute Gasteiger partial charge is 0.326 e. The van der Waals surface area contributed by atoms with Crippen molar-refractivity contribution >= 4 is 29.6 Å². The number of aliphatic carboxylic acids is 1. The largest absolute Gasteiger partial charge is 0.480 e. The molecule has 0 saturated carbocycles. The van der Waals surface area contributed by atoms with Gasteiger partial charge in [-0.05, 0) is 24.7 Å². The van der Waals surface area contributed by atoms with Crippen LogP contribution in [-0.4, -0.2) is 59.4 Å². The molecule has 0 fully saturated rings.